The number of benzene rings is 3. The number of likely N-dealkylation sites (tertiary alicyclic amines) is 1. The Hall–Kier alpha value is -4.44. The van der Waals surface area contributed by atoms with E-state index in [-0.39, 0.29) is 22.9 Å². The lowest BCUT2D eigenvalue weighted by Crippen LogP contribution is -2.40. The van der Waals surface area contributed by atoms with Crippen molar-refractivity contribution in [2.45, 2.75) is 24.4 Å². The number of non-ortho nitro benzene ring substituents is 1. The zero-order valence-electron chi connectivity index (χ0n) is 21.7. The molecule has 0 unspecified atom stereocenters. The van der Waals surface area contributed by atoms with Crippen molar-refractivity contribution in [1.29, 1.82) is 0 Å². The van der Waals surface area contributed by atoms with Crippen molar-refractivity contribution in [2.75, 3.05) is 18.8 Å². The van der Waals surface area contributed by atoms with Gasteiger partial charge in [-0.1, -0.05) is 60.3 Å². The number of aromatic nitrogens is 3. The minimum Gasteiger partial charge on any atom is -0.349 e. The molecule has 3 aromatic carbocycles. The van der Waals surface area contributed by atoms with Crippen LogP contribution in [0.4, 0.5) is 5.69 Å². The van der Waals surface area contributed by atoms with E-state index in [0.717, 1.165) is 30.2 Å². The molecular formula is C30H27N5O4S. The highest BCUT2D eigenvalue weighted by molar-refractivity contribution is 7.99. The van der Waals surface area contributed by atoms with Gasteiger partial charge < -0.3 is 9.88 Å². The molecule has 1 N–H and O–H groups in total. The lowest BCUT2D eigenvalue weighted by atomic mass is 9.90. The summed E-state index contributed by atoms with van der Waals surface area (Å²) in [6.45, 7) is 1.42. The monoisotopic (exact) mass is 553 g/mol. The molecule has 2 aromatic heterocycles. The second kappa shape index (κ2) is 11.0. The van der Waals surface area contributed by atoms with E-state index in [1.54, 1.807) is 0 Å². The van der Waals surface area contributed by atoms with Gasteiger partial charge in [0.25, 0.3) is 11.2 Å². The SMILES string of the molecule is O=C(CSc1nc2c([nH]c3ccccc32)c(=O)n1-c1ccc([N+](=O)[O-])cc1)N1CCC(Cc2ccccc2)CC1. The number of thioether (sulfide) groups is 1. The summed E-state index contributed by atoms with van der Waals surface area (Å²) in [6, 6.07) is 23.7. The summed E-state index contributed by atoms with van der Waals surface area (Å²) < 4.78 is 1.42. The summed E-state index contributed by atoms with van der Waals surface area (Å²) in [5, 5.41) is 12.4. The molecule has 40 heavy (non-hydrogen) atoms. The molecule has 1 saturated heterocycles. The van der Waals surface area contributed by atoms with Crippen LogP contribution in [0.15, 0.2) is 88.8 Å². The maximum Gasteiger partial charge on any atom is 0.283 e. The molecule has 202 valence electrons. The lowest BCUT2D eigenvalue weighted by molar-refractivity contribution is -0.384. The number of nitro groups is 1. The number of hydrogen-bond donors (Lipinski definition) is 1. The normalized spacial score (nSPS) is 14.2. The van der Waals surface area contributed by atoms with E-state index in [0.29, 0.717) is 40.9 Å². The zero-order valence-corrected chi connectivity index (χ0v) is 22.5. The molecule has 1 aliphatic heterocycles. The van der Waals surface area contributed by atoms with Crippen LogP contribution in [0.1, 0.15) is 18.4 Å². The first-order valence-corrected chi connectivity index (χ1v) is 14.2. The number of piperidine rings is 1. The Morgan fingerprint density at radius 2 is 1.70 bits per heavy atom. The third kappa shape index (κ3) is 5.10. The molecule has 1 aliphatic rings. The van der Waals surface area contributed by atoms with Crippen LogP contribution >= 0.6 is 11.8 Å². The van der Waals surface area contributed by atoms with Gasteiger partial charge in [0, 0.05) is 36.1 Å². The first-order chi connectivity index (χ1) is 19.5. The third-order valence-electron chi connectivity index (χ3n) is 7.47. The predicted molar refractivity (Wildman–Crippen MR) is 156 cm³/mol. The van der Waals surface area contributed by atoms with E-state index in [1.807, 2.05) is 35.2 Å². The number of para-hydroxylation sites is 1. The van der Waals surface area contributed by atoms with Crippen LogP contribution in [0.2, 0.25) is 0 Å². The Bertz CT molecular complexity index is 1760. The minimum absolute atomic E-state index is 0.00619. The van der Waals surface area contributed by atoms with Crippen molar-refractivity contribution < 1.29 is 9.72 Å². The minimum atomic E-state index is -0.483. The molecule has 1 amide bonds. The quantitative estimate of drug-likeness (QED) is 0.126. The highest BCUT2D eigenvalue weighted by Crippen LogP contribution is 2.28. The fourth-order valence-corrected chi connectivity index (χ4v) is 6.25. The van der Waals surface area contributed by atoms with Gasteiger partial charge in [0.05, 0.1) is 16.4 Å². The summed E-state index contributed by atoms with van der Waals surface area (Å²) in [5.74, 6) is 0.695. The van der Waals surface area contributed by atoms with Gasteiger partial charge in [-0.2, -0.15) is 0 Å². The van der Waals surface area contributed by atoms with Crippen molar-refractivity contribution in [1.82, 2.24) is 19.4 Å². The highest BCUT2D eigenvalue weighted by Gasteiger charge is 2.24. The molecule has 3 heterocycles. The molecule has 5 aromatic rings. The number of fused-ring (bicyclic) bond motifs is 3. The van der Waals surface area contributed by atoms with Crippen molar-refractivity contribution in [3.05, 3.63) is 105 Å². The summed E-state index contributed by atoms with van der Waals surface area (Å²) in [4.78, 5) is 47.5. The Labute approximate surface area is 234 Å². The maximum atomic E-state index is 13.7. The molecule has 0 bridgehead atoms. The topological polar surface area (TPSA) is 114 Å². The first kappa shape index (κ1) is 25.8. The number of amides is 1. The molecule has 0 aliphatic carbocycles. The van der Waals surface area contributed by atoms with Gasteiger partial charge in [0.1, 0.15) is 11.0 Å². The van der Waals surface area contributed by atoms with Crippen molar-refractivity contribution in [3.63, 3.8) is 0 Å². The van der Waals surface area contributed by atoms with Crippen molar-refractivity contribution >= 4 is 45.3 Å². The Balaban J connectivity index is 1.25. The number of nitrogens with zero attached hydrogens (tertiary/aromatic N) is 4. The number of nitrogens with one attached hydrogen (secondary N) is 1. The third-order valence-corrected chi connectivity index (χ3v) is 8.40. The predicted octanol–water partition coefficient (Wildman–Crippen LogP) is 5.35. The Morgan fingerprint density at radius 1 is 1.00 bits per heavy atom. The number of carbonyl (C=O) groups excluding carboxylic acids is 1. The van der Waals surface area contributed by atoms with Crippen LogP contribution in [0.5, 0.6) is 0 Å². The van der Waals surface area contributed by atoms with Crippen molar-refractivity contribution in [3.8, 4) is 5.69 Å². The summed E-state index contributed by atoms with van der Waals surface area (Å²) >= 11 is 1.21. The van der Waals surface area contributed by atoms with Crippen LogP contribution in [0, 0.1) is 16.0 Å². The average molecular weight is 554 g/mol. The van der Waals surface area contributed by atoms with E-state index in [2.05, 4.69) is 29.2 Å². The molecule has 0 spiro atoms. The van der Waals surface area contributed by atoms with Gasteiger partial charge >= 0.3 is 0 Å². The van der Waals surface area contributed by atoms with Crippen LogP contribution in [0.3, 0.4) is 0 Å². The second-order valence-corrected chi connectivity index (χ2v) is 10.9. The van der Waals surface area contributed by atoms with Gasteiger partial charge in [-0.15, -0.1) is 0 Å². The molecule has 9 nitrogen and oxygen atoms in total. The summed E-state index contributed by atoms with van der Waals surface area (Å²) in [5.41, 5.74) is 3.04. The smallest absolute Gasteiger partial charge is 0.283 e. The second-order valence-electron chi connectivity index (χ2n) is 10.0. The first-order valence-electron chi connectivity index (χ1n) is 13.2. The molecule has 0 atom stereocenters. The number of rotatable bonds is 7. The summed E-state index contributed by atoms with van der Waals surface area (Å²) in [6.07, 6.45) is 2.93. The molecule has 0 saturated carbocycles. The number of H-pyrrole nitrogens is 1. The van der Waals surface area contributed by atoms with Crippen LogP contribution in [-0.2, 0) is 11.2 Å². The molecule has 1 fully saturated rings. The lowest BCUT2D eigenvalue weighted by Gasteiger charge is -2.32. The molecule has 6 rings (SSSR count). The van der Waals surface area contributed by atoms with Gasteiger partial charge in [0.15, 0.2) is 5.16 Å². The van der Waals surface area contributed by atoms with E-state index in [1.165, 1.54) is 46.2 Å². The Morgan fingerprint density at radius 3 is 2.42 bits per heavy atom. The Kier molecular flexibility index (Phi) is 7.08. The molecule has 0 radical (unpaired) electrons. The van der Waals surface area contributed by atoms with Crippen molar-refractivity contribution in [2.24, 2.45) is 5.92 Å². The standard InChI is InChI=1S/C30H27N5O4S/c36-26(33-16-14-21(15-17-33)18-20-6-2-1-3-7-20)19-40-30-32-27-24-8-4-5-9-25(24)31-28(27)29(37)34(30)22-10-12-23(13-11-22)35(38)39/h1-13,21,31H,14-19H2. The van der Waals surface area contributed by atoms with Gasteiger partial charge in [-0.25, -0.2) is 4.98 Å². The van der Waals surface area contributed by atoms with E-state index < -0.39 is 4.92 Å². The van der Waals surface area contributed by atoms with Crippen LogP contribution in [-0.4, -0.2) is 49.1 Å². The van der Waals surface area contributed by atoms with Crippen LogP contribution < -0.4 is 5.56 Å². The summed E-state index contributed by atoms with van der Waals surface area (Å²) in [7, 11) is 0. The van der Waals surface area contributed by atoms with Gasteiger partial charge in [-0.05, 0) is 48.9 Å². The zero-order chi connectivity index (χ0) is 27.6. The number of carbonyl (C=O) groups is 1. The average Bonchev–Trinajstić information content (AvgIpc) is 3.36. The fourth-order valence-electron chi connectivity index (χ4n) is 5.34. The van der Waals surface area contributed by atoms with Gasteiger partial charge in [-0.3, -0.25) is 24.3 Å². The number of nitro benzene ring substituents is 1. The largest absolute Gasteiger partial charge is 0.349 e. The van der Waals surface area contributed by atoms with E-state index >= 15 is 0 Å². The van der Waals surface area contributed by atoms with E-state index in [4.69, 9.17) is 4.98 Å². The highest BCUT2D eigenvalue weighted by atomic mass is 32.2. The number of hydrogen-bond acceptors (Lipinski definition) is 6. The molecular weight excluding hydrogens is 526 g/mol. The van der Waals surface area contributed by atoms with Crippen LogP contribution in [0.25, 0.3) is 27.6 Å². The maximum absolute atomic E-state index is 13.7. The van der Waals surface area contributed by atoms with E-state index in [9.17, 15) is 19.7 Å². The number of aromatic amines is 1. The van der Waals surface area contributed by atoms with Gasteiger partial charge in [0.2, 0.25) is 5.91 Å². The fraction of sp³-hybridized carbons (Fsp3) is 0.233. The molecule has 10 heteroatoms.